The zero-order valence-electron chi connectivity index (χ0n) is 8.54. The number of hydrogen-bond acceptors (Lipinski definition) is 3. The Balaban J connectivity index is 0.00000128. The largest absolute Gasteiger partial charge is 1.00 e. The van der Waals surface area contributed by atoms with Crippen molar-refractivity contribution in [3.63, 3.8) is 0 Å². The Labute approximate surface area is 115 Å². The van der Waals surface area contributed by atoms with Crippen LogP contribution >= 0.6 is 0 Å². The maximum atomic E-state index is 11.3. The van der Waals surface area contributed by atoms with Gasteiger partial charge in [-0.25, -0.2) is 0 Å². The SMILES string of the molecule is O=S(=O)(O)c1ccc2c([O-])cccc2c1.[Na+]. The van der Waals surface area contributed by atoms with Crippen LogP contribution in [0.2, 0.25) is 0 Å². The Hall–Kier alpha value is -0.590. The van der Waals surface area contributed by atoms with Crippen LogP contribution < -0.4 is 34.7 Å². The Kier molecular flexibility index (Phi) is 3.98. The van der Waals surface area contributed by atoms with Gasteiger partial charge in [0.25, 0.3) is 10.1 Å². The van der Waals surface area contributed by atoms with Gasteiger partial charge in [0.1, 0.15) is 0 Å². The second-order valence-corrected chi connectivity index (χ2v) is 4.54. The molecule has 0 fully saturated rings. The molecular formula is C10H7NaO4S. The quantitative estimate of drug-likeness (QED) is 0.474. The molecule has 1 N–H and O–H groups in total. The van der Waals surface area contributed by atoms with Crippen LogP contribution in [-0.4, -0.2) is 13.0 Å². The average molecular weight is 246 g/mol. The van der Waals surface area contributed by atoms with Gasteiger partial charge >= 0.3 is 29.6 Å². The average Bonchev–Trinajstić information content (AvgIpc) is 2.16. The first-order chi connectivity index (χ1) is 6.98. The molecule has 2 rings (SSSR count). The summed E-state index contributed by atoms with van der Waals surface area (Å²) in [7, 11) is -4.21. The Morgan fingerprint density at radius 2 is 1.81 bits per heavy atom. The van der Waals surface area contributed by atoms with Crippen molar-refractivity contribution >= 4 is 20.9 Å². The van der Waals surface area contributed by atoms with Gasteiger partial charge in [-0.15, -0.1) is 5.75 Å². The van der Waals surface area contributed by atoms with Crippen LogP contribution in [0, 0.1) is 0 Å². The van der Waals surface area contributed by atoms with E-state index in [9.17, 15) is 13.5 Å². The van der Waals surface area contributed by atoms with Gasteiger partial charge in [-0.3, -0.25) is 4.55 Å². The molecule has 0 aromatic heterocycles. The molecule has 0 saturated heterocycles. The first kappa shape index (κ1) is 13.5. The van der Waals surface area contributed by atoms with E-state index in [1.165, 1.54) is 24.3 Å². The van der Waals surface area contributed by atoms with Gasteiger partial charge in [-0.1, -0.05) is 24.3 Å². The van der Waals surface area contributed by atoms with E-state index in [4.69, 9.17) is 4.55 Å². The maximum absolute atomic E-state index is 11.3. The van der Waals surface area contributed by atoms with E-state index < -0.39 is 10.1 Å². The molecule has 0 heterocycles. The third kappa shape index (κ3) is 2.56. The van der Waals surface area contributed by atoms with Crippen LogP contribution in [0.1, 0.15) is 0 Å². The van der Waals surface area contributed by atoms with Gasteiger partial charge in [0.15, 0.2) is 0 Å². The fourth-order valence-electron chi connectivity index (χ4n) is 1.39. The second kappa shape index (κ2) is 4.73. The molecular weight excluding hydrogens is 239 g/mol. The van der Waals surface area contributed by atoms with Crippen LogP contribution in [0.5, 0.6) is 5.75 Å². The maximum Gasteiger partial charge on any atom is 1.00 e. The molecule has 0 aliphatic rings. The van der Waals surface area contributed by atoms with E-state index in [1.807, 2.05) is 0 Å². The van der Waals surface area contributed by atoms with Crippen LogP contribution in [-0.2, 0) is 10.1 Å². The summed E-state index contributed by atoms with van der Waals surface area (Å²) in [6.07, 6.45) is 0. The van der Waals surface area contributed by atoms with Crippen molar-refractivity contribution in [3.05, 3.63) is 36.4 Å². The van der Waals surface area contributed by atoms with Crippen LogP contribution in [0.25, 0.3) is 10.8 Å². The molecule has 78 valence electrons. The monoisotopic (exact) mass is 246 g/mol. The number of benzene rings is 2. The molecule has 0 bridgehead atoms. The summed E-state index contributed by atoms with van der Waals surface area (Å²) < 4.78 is 30.5. The minimum absolute atomic E-state index is 0. The summed E-state index contributed by atoms with van der Waals surface area (Å²) in [5, 5.41) is 12.3. The van der Waals surface area contributed by atoms with Crippen molar-refractivity contribution in [2.45, 2.75) is 4.90 Å². The van der Waals surface area contributed by atoms with Gasteiger partial charge in [0, 0.05) is 0 Å². The minimum Gasteiger partial charge on any atom is -0.872 e. The Morgan fingerprint density at radius 3 is 2.44 bits per heavy atom. The fraction of sp³-hybridized carbons (Fsp3) is 0. The third-order valence-electron chi connectivity index (χ3n) is 2.11. The van der Waals surface area contributed by atoms with Gasteiger partial charge in [0.2, 0.25) is 0 Å². The van der Waals surface area contributed by atoms with Crippen molar-refractivity contribution in [2.24, 2.45) is 0 Å². The van der Waals surface area contributed by atoms with Crippen molar-refractivity contribution in [1.82, 2.24) is 0 Å². The Morgan fingerprint density at radius 1 is 1.12 bits per heavy atom. The molecule has 6 heteroatoms. The van der Waals surface area contributed by atoms with E-state index in [1.54, 1.807) is 12.1 Å². The number of rotatable bonds is 1. The van der Waals surface area contributed by atoms with Crippen LogP contribution in [0.3, 0.4) is 0 Å². The summed E-state index contributed by atoms with van der Waals surface area (Å²) in [6.45, 7) is 0. The van der Waals surface area contributed by atoms with E-state index in [-0.39, 0.29) is 40.2 Å². The van der Waals surface area contributed by atoms with Crippen molar-refractivity contribution in [2.75, 3.05) is 0 Å². The van der Waals surface area contributed by atoms with Crippen LogP contribution in [0.15, 0.2) is 41.3 Å². The molecule has 0 unspecified atom stereocenters. The molecule has 2 aromatic carbocycles. The van der Waals surface area contributed by atoms with E-state index >= 15 is 0 Å². The Bertz CT molecular complexity index is 622. The van der Waals surface area contributed by atoms with E-state index in [0.717, 1.165) is 0 Å². The summed E-state index contributed by atoms with van der Waals surface area (Å²) in [5.41, 5.74) is 0. The molecule has 0 aliphatic carbocycles. The van der Waals surface area contributed by atoms with E-state index in [2.05, 4.69) is 0 Å². The zero-order chi connectivity index (χ0) is 11.1. The summed E-state index contributed by atoms with van der Waals surface area (Å²) >= 11 is 0. The predicted octanol–water partition coefficient (Wildman–Crippen LogP) is -1.84. The molecule has 16 heavy (non-hydrogen) atoms. The molecule has 0 aliphatic heterocycles. The molecule has 0 radical (unpaired) electrons. The smallest absolute Gasteiger partial charge is 0.872 e. The molecule has 0 atom stereocenters. The van der Waals surface area contributed by atoms with Crippen molar-refractivity contribution < 1.29 is 47.6 Å². The molecule has 2 aromatic rings. The number of fused-ring (bicyclic) bond motifs is 1. The van der Waals surface area contributed by atoms with Crippen LogP contribution in [0.4, 0.5) is 0 Å². The molecule has 0 saturated carbocycles. The fourth-order valence-corrected chi connectivity index (χ4v) is 1.91. The molecule has 4 nitrogen and oxygen atoms in total. The standard InChI is InChI=1S/C10H8O4S.Na/c11-10-3-1-2-7-6-8(15(12,13)14)4-5-9(7)10;/h1-6,11H,(H,12,13,14);/q;+1/p-1. The van der Waals surface area contributed by atoms with E-state index in [0.29, 0.717) is 10.8 Å². The third-order valence-corrected chi connectivity index (χ3v) is 2.96. The normalized spacial score (nSPS) is 11.1. The van der Waals surface area contributed by atoms with Gasteiger partial charge in [0.05, 0.1) is 4.90 Å². The molecule has 0 spiro atoms. The number of hydrogen-bond donors (Lipinski definition) is 1. The summed E-state index contributed by atoms with van der Waals surface area (Å²) in [5.74, 6) is -0.172. The second-order valence-electron chi connectivity index (χ2n) is 3.11. The topological polar surface area (TPSA) is 77.4 Å². The van der Waals surface area contributed by atoms with Crippen molar-refractivity contribution in [3.8, 4) is 5.75 Å². The summed E-state index contributed by atoms with van der Waals surface area (Å²) in [6, 6.07) is 8.42. The van der Waals surface area contributed by atoms with Crippen molar-refractivity contribution in [1.29, 1.82) is 0 Å². The minimum atomic E-state index is -4.21. The molecule has 0 amide bonds. The van der Waals surface area contributed by atoms with Gasteiger partial charge in [-0.05, 0) is 22.9 Å². The van der Waals surface area contributed by atoms with Gasteiger partial charge < -0.3 is 5.11 Å². The predicted molar refractivity (Wildman–Crippen MR) is 53.2 cm³/mol. The van der Waals surface area contributed by atoms with Gasteiger partial charge in [-0.2, -0.15) is 8.42 Å². The zero-order valence-corrected chi connectivity index (χ0v) is 11.4. The summed E-state index contributed by atoms with van der Waals surface area (Å²) in [4.78, 5) is -0.208. The first-order valence-electron chi connectivity index (χ1n) is 4.16. The first-order valence-corrected chi connectivity index (χ1v) is 5.60.